The molecule has 0 saturated carbocycles. The number of pyridine rings is 1. The maximum Gasteiger partial charge on any atom is 0.270 e. The lowest BCUT2D eigenvalue weighted by molar-refractivity contribution is -0.318. The van der Waals surface area contributed by atoms with E-state index in [0.717, 1.165) is 9.54 Å². The highest BCUT2D eigenvalue weighted by Gasteiger charge is 2.29. The van der Waals surface area contributed by atoms with E-state index < -0.39 is 32.2 Å². The molecule has 0 aliphatic heterocycles. The number of carbonyl (C=O) groups excluding carboxylic acids is 1. The van der Waals surface area contributed by atoms with Gasteiger partial charge in [0.25, 0.3) is 10.0 Å². The second kappa shape index (κ2) is 11.5. The van der Waals surface area contributed by atoms with Gasteiger partial charge in [-0.25, -0.2) is 17.4 Å². The summed E-state index contributed by atoms with van der Waals surface area (Å²) in [6, 6.07) is 10.2. The number of rotatable bonds is 11. The molecular weight excluding hydrogens is 570 g/mol. The molecule has 1 atom stereocenters. The molecule has 11 nitrogen and oxygen atoms in total. The molecule has 0 spiro atoms. The number of fused-ring (bicyclic) bond motifs is 1. The molecule has 2 aromatic carbocycles. The molecule has 218 valence electrons. The van der Waals surface area contributed by atoms with Gasteiger partial charge in [-0.05, 0) is 50.2 Å². The van der Waals surface area contributed by atoms with Crippen LogP contribution in [0.5, 0.6) is 17.2 Å². The van der Waals surface area contributed by atoms with Crippen molar-refractivity contribution < 1.29 is 36.7 Å². The van der Waals surface area contributed by atoms with Crippen LogP contribution < -0.4 is 19.3 Å². The smallest absolute Gasteiger partial charge is 0.270 e. The van der Waals surface area contributed by atoms with Crippen molar-refractivity contribution in [3.63, 3.8) is 0 Å². The summed E-state index contributed by atoms with van der Waals surface area (Å²) < 4.78 is 58.9. The molecule has 0 radical (unpaired) electrons. The van der Waals surface area contributed by atoms with Crippen molar-refractivity contribution in [2.45, 2.75) is 43.5 Å². The number of carboxylic acid groups (broad SMARTS) is 1. The van der Waals surface area contributed by atoms with Crippen LogP contribution in [0.1, 0.15) is 30.7 Å². The zero-order valence-electron chi connectivity index (χ0n) is 23.5. The van der Waals surface area contributed by atoms with Crippen LogP contribution in [0.4, 0.5) is 0 Å². The van der Waals surface area contributed by atoms with Gasteiger partial charge in [-0.15, -0.1) is 0 Å². The van der Waals surface area contributed by atoms with Crippen molar-refractivity contribution in [3.8, 4) is 17.2 Å². The number of hydrogen-bond donors (Lipinski definition) is 0. The van der Waals surface area contributed by atoms with Crippen molar-refractivity contribution in [1.82, 2.24) is 13.9 Å². The van der Waals surface area contributed by atoms with Crippen LogP contribution in [-0.4, -0.2) is 53.4 Å². The highest BCUT2D eigenvalue weighted by Crippen LogP contribution is 2.31. The van der Waals surface area contributed by atoms with E-state index in [-0.39, 0.29) is 39.2 Å². The topological polar surface area (TPSA) is 150 Å². The second-order valence-corrected chi connectivity index (χ2v) is 13.1. The molecule has 13 heteroatoms. The van der Waals surface area contributed by atoms with E-state index in [1.165, 1.54) is 58.4 Å². The number of ether oxygens (including phenoxy) is 3. The van der Waals surface area contributed by atoms with Gasteiger partial charge in [0.15, 0.2) is 0 Å². The van der Waals surface area contributed by atoms with Gasteiger partial charge in [0.05, 0.1) is 65.0 Å². The quantitative estimate of drug-likeness (QED) is 0.251. The normalized spacial score (nSPS) is 12.7. The average Bonchev–Trinajstić information content (AvgIpc) is 3.34. The summed E-state index contributed by atoms with van der Waals surface area (Å²) in [6.45, 7) is 6.40. The fraction of sp³-hybridized carbons (Fsp3) is 0.321. The first-order valence-corrected chi connectivity index (χ1v) is 15.2. The van der Waals surface area contributed by atoms with E-state index in [2.05, 4.69) is 9.97 Å². The van der Waals surface area contributed by atoms with Crippen LogP contribution in [0.2, 0.25) is 0 Å². The maximum atomic E-state index is 14.0. The number of carboxylic acids is 1. The van der Waals surface area contributed by atoms with E-state index in [1.54, 1.807) is 25.3 Å². The van der Waals surface area contributed by atoms with Gasteiger partial charge in [-0.3, -0.25) is 9.19 Å². The lowest BCUT2D eigenvalue weighted by Crippen LogP contribution is -2.41. The lowest BCUT2D eigenvalue weighted by Gasteiger charge is -2.25. The van der Waals surface area contributed by atoms with Gasteiger partial charge in [0.1, 0.15) is 17.2 Å². The third-order valence-corrected chi connectivity index (χ3v) is 9.58. The molecule has 0 aliphatic rings. The van der Waals surface area contributed by atoms with Crippen LogP contribution in [0.25, 0.3) is 11.0 Å². The zero-order chi connectivity index (χ0) is 30.1. The fourth-order valence-electron chi connectivity index (χ4n) is 4.06. The number of hydrogen-bond acceptors (Lipinski definition) is 10. The van der Waals surface area contributed by atoms with Crippen LogP contribution in [-0.2, 0) is 31.4 Å². The zero-order valence-corrected chi connectivity index (χ0v) is 25.1. The second-order valence-electron chi connectivity index (χ2n) is 9.99. The summed E-state index contributed by atoms with van der Waals surface area (Å²) in [4.78, 5) is 20.0. The van der Waals surface area contributed by atoms with E-state index in [9.17, 15) is 22.5 Å². The number of imidazole rings is 1. The Morgan fingerprint density at radius 3 is 2.32 bits per heavy atom. The minimum absolute atomic E-state index is 0.0978. The minimum Gasteiger partial charge on any atom is -0.549 e. The molecule has 2 aromatic heterocycles. The van der Waals surface area contributed by atoms with Gasteiger partial charge >= 0.3 is 0 Å². The van der Waals surface area contributed by atoms with E-state index in [0.29, 0.717) is 22.8 Å². The molecule has 1 unspecified atom stereocenters. The van der Waals surface area contributed by atoms with Crippen LogP contribution in [0, 0.1) is 19.3 Å². The molecule has 0 amide bonds. The molecule has 0 N–H and O–H groups in total. The largest absolute Gasteiger partial charge is 0.549 e. The van der Waals surface area contributed by atoms with Crippen molar-refractivity contribution in [2.24, 2.45) is 5.41 Å². The van der Waals surface area contributed by atoms with Gasteiger partial charge in [0.2, 0.25) is 5.16 Å². The summed E-state index contributed by atoms with van der Waals surface area (Å²) in [5, 5.41) is 11.1. The predicted octanol–water partition coefficient (Wildman–Crippen LogP) is 2.77. The number of carbonyl (C=O) groups is 1. The number of benzene rings is 2. The highest BCUT2D eigenvalue weighted by molar-refractivity contribution is 7.91. The van der Waals surface area contributed by atoms with Gasteiger partial charge in [0, 0.05) is 28.8 Å². The first kappa shape index (κ1) is 30.0. The Labute approximate surface area is 240 Å². The number of aryl methyl sites for hydroxylation is 1. The SMILES string of the molecule is COc1ccc2c(c1)nc(S(=O)Cc1ncc(C)c(OC)c1C)n2S(=O)(=O)c1ccc(OCC(C)(C)C(=O)[O-])cc1. The Balaban J connectivity index is 1.76. The molecule has 41 heavy (non-hydrogen) atoms. The molecule has 0 fully saturated rings. The fourth-order valence-corrected chi connectivity index (χ4v) is 7.11. The molecule has 0 bridgehead atoms. The number of nitrogens with zero attached hydrogens (tertiary/aromatic N) is 3. The standard InChI is InChI=1S/C28H31N3O8S2/c1-17-14-29-23(18(2)25(17)38-6)15-40(34)27-30-22-13-20(37-5)9-12-24(22)31(27)41(35,36)21-10-7-19(8-11-21)39-16-28(3,4)26(32)33/h7-14H,15-16H2,1-6H3,(H,32,33)/p-1. The monoisotopic (exact) mass is 600 g/mol. The Morgan fingerprint density at radius 2 is 1.71 bits per heavy atom. The van der Waals surface area contributed by atoms with Crippen LogP contribution in [0.3, 0.4) is 0 Å². The van der Waals surface area contributed by atoms with E-state index in [1.807, 2.05) is 6.92 Å². The molecule has 0 aliphatic carbocycles. The Hall–Kier alpha value is -3.97. The highest BCUT2D eigenvalue weighted by atomic mass is 32.2. The maximum absolute atomic E-state index is 14.0. The number of aromatic nitrogens is 3. The molecule has 0 saturated heterocycles. The third-order valence-electron chi connectivity index (χ3n) is 6.53. The molecule has 4 rings (SSSR count). The summed E-state index contributed by atoms with van der Waals surface area (Å²) in [7, 11) is -3.21. The molecule has 2 heterocycles. The Bertz CT molecular complexity index is 1750. The summed E-state index contributed by atoms with van der Waals surface area (Å²) in [5.74, 6) is -0.0197. The summed E-state index contributed by atoms with van der Waals surface area (Å²) in [5.41, 5.74) is 1.26. The average molecular weight is 601 g/mol. The van der Waals surface area contributed by atoms with Crippen molar-refractivity contribution in [2.75, 3.05) is 20.8 Å². The van der Waals surface area contributed by atoms with Crippen molar-refractivity contribution in [1.29, 1.82) is 0 Å². The van der Waals surface area contributed by atoms with Crippen LogP contribution in [0.15, 0.2) is 58.7 Å². The van der Waals surface area contributed by atoms with Gasteiger partial charge in [-0.1, -0.05) is 13.8 Å². The summed E-state index contributed by atoms with van der Waals surface area (Å²) in [6.07, 6.45) is 1.61. The van der Waals surface area contributed by atoms with E-state index >= 15 is 0 Å². The number of aliphatic carboxylic acids is 1. The van der Waals surface area contributed by atoms with Crippen molar-refractivity contribution in [3.05, 3.63) is 65.5 Å². The van der Waals surface area contributed by atoms with Crippen molar-refractivity contribution >= 4 is 37.8 Å². The summed E-state index contributed by atoms with van der Waals surface area (Å²) >= 11 is 0. The van der Waals surface area contributed by atoms with E-state index in [4.69, 9.17) is 14.2 Å². The molecule has 4 aromatic rings. The Kier molecular flexibility index (Phi) is 8.41. The lowest BCUT2D eigenvalue weighted by atomic mass is 9.95. The van der Waals surface area contributed by atoms with Gasteiger partial charge in [-0.2, -0.15) is 0 Å². The minimum atomic E-state index is -4.30. The van der Waals surface area contributed by atoms with Gasteiger partial charge < -0.3 is 24.1 Å². The number of methoxy groups -OCH3 is 2. The first-order chi connectivity index (χ1) is 19.3. The first-order valence-electron chi connectivity index (χ1n) is 12.4. The predicted molar refractivity (Wildman–Crippen MR) is 150 cm³/mol. The van der Waals surface area contributed by atoms with Crippen LogP contribution >= 0.6 is 0 Å². The third kappa shape index (κ3) is 5.91. The Morgan fingerprint density at radius 1 is 1.05 bits per heavy atom. The molecular formula is C28H30N3O8S2-.